The molecule has 1 aliphatic rings. The lowest BCUT2D eigenvalue weighted by molar-refractivity contribution is 0.0635. The van der Waals surface area contributed by atoms with Gasteiger partial charge in [0, 0.05) is 23.4 Å². The van der Waals surface area contributed by atoms with Crippen molar-refractivity contribution in [2.24, 2.45) is 0 Å². The Labute approximate surface area is 148 Å². The third kappa shape index (κ3) is 4.25. The second kappa shape index (κ2) is 8.45. The third-order valence-corrected chi connectivity index (χ3v) is 5.64. The van der Waals surface area contributed by atoms with Crippen molar-refractivity contribution >= 4 is 17.2 Å². The summed E-state index contributed by atoms with van der Waals surface area (Å²) in [5, 5.41) is 5.06. The van der Waals surface area contributed by atoms with E-state index in [1.165, 1.54) is 28.8 Å². The van der Waals surface area contributed by atoms with E-state index in [9.17, 15) is 4.79 Å². The Bertz CT molecular complexity index is 666. The number of amides is 1. The van der Waals surface area contributed by atoms with E-state index in [0.717, 1.165) is 24.8 Å². The summed E-state index contributed by atoms with van der Waals surface area (Å²) in [4.78, 5) is 13.8. The quantitative estimate of drug-likeness (QED) is 0.750. The molecule has 1 atom stereocenters. The summed E-state index contributed by atoms with van der Waals surface area (Å²) in [6.45, 7) is 3.37. The molecule has 4 heteroatoms. The van der Waals surface area contributed by atoms with E-state index in [4.69, 9.17) is 4.74 Å². The van der Waals surface area contributed by atoms with Gasteiger partial charge < -0.3 is 10.1 Å². The highest BCUT2D eigenvalue weighted by Gasteiger charge is 2.19. The predicted molar refractivity (Wildman–Crippen MR) is 98.7 cm³/mol. The van der Waals surface area contributed by atoms with Crippen LogP contribution in [0.5, 0.6) is 0 Å². The second-order valence-corrected chi connectivity index (χ2v) is 7.26. The maximum Gasteiger partial charge on any atom is 0.252 e. The molecule has 1 N–H and O–H groups in total. The van der Waals surface area contributed by atoms with Gasteiger partial charge in [0.05, 0.1) is 11.7 Å². The number of aryl methyl sites for hydroxylation is 1. The highest BCUT2D eigenvalue weighted by Crippen LogP contribution is 2.30. The Morgan fingerprint density at radius 2 is 2.04 bits per heavy atom. The molecule has 1 unspecified atom stereocenters. The molecule has 0 aliphatic heterocycles. The van der Waals surface area contributed by atoms with Crippen LogP contribution in [-0.2, 0) is 17.6 Å². The molecule has 0 radical (unpaired) electrons. The van der Waals surface area contributed by atoms with Gasteiger partial charge in [-0.05, 0) is 50.2 Å². The van der Waals surface area contributed by atoms with Crippen LogP contribution in [0.15, 0.2) is 35.7 Å². The smallest absolute Gasteiger partial charge is 0.252 e. The van der Waals surface area contributed by atoms with Gasteiger partial charge in [-0.2, -0.15) is 0 Å². The molecule has 0 saturated heterocycles. The van der Waals surface area contributed by atoms with Gasteiger partial charge in [0.15, 0.2) is 0 Å². The third-order valence-electron chi connectivity index (χ3n) is 4.55. The number of nitrogens with one attached hydrogen (secondary N) is 1. The lowest BCUT2D eigenvalue weighted by atomic mass is 9.96. The van der Waals surface area contributed by atoms with Crippen molar-refractivity contribution in [2.45, 2.75) is 45.1 Å². The van der Waals surface area contributed by atoms with Crippen molar-refractivity contribution in [2.75, 3.05) is 13.2 Å². The lowest BCUT2D eigenvalue weighted by Crippen LogP contribution is -2.26. The monoisotopic (exact) mass is 343 g/mol. The number of carbonyl (C=O) groups excluding carboxylic acids is 1. The highest BCUT2D eigenvalue weighted by atomic mass is 32.1. The van der Waals surface area contributed by atoms with Gasteiger partial charge in [-0.1, -0.05) is 30.3 Å². The SMILES string of the molecule is CC(OCCCNC(=O)c1csc2c1CCCC2)c1ccccc1. The highest BCUT2D eigenvalue weighted by molar-refractivity contribution is 7.10. The molecule has 1 heterocycles. The maximum absolute atomic E-state index is 12.4. The molecule has 1 aliphatic carbocycles. The van der Waals surface area contributed by atoms with Crippen LogP contribution in [0.4, 0.5) is 0 Å². The fourth-order valence-electron chi connectivity index (χ4n) is 3.13. The first-order valence-corrected chi connectivity index (χ1v) is 9.67. The van der Waals surface area contributed by atoms with Crippen LogP contribution >= 0.6 is 11.3 Å². The number of hydrogen-bond donors (Lipinski definition) is 1. The normalized spacial score (nSPS) is 14.9. The summed E-state index contributed by atoms with van der Waals surface area (Å²) in [6, 6.07) is 10.2. The van der Waals surface area contributed by atoms with Gasteiger partial charge >= 0.3 is 0 Å². The van der Waals surface area contributed by atoms with Crippen LogP contribution in [0.3, 0.4) is 0 Å². The van der Waals surface area contributed by atoms with Crippen LogP contribution in [0.25, 0.3) is 0 Å². The molecule has 3 rings (SSSR count). The van der Waals surface area contributed by atoms with E-state index in [2.05, 4.69) is 24.4 Å². The molecular weight excluding hydrogens is 318 g/mol. The molecule has 0 spiro atoms. The molecule has 128 valence electrons. The molecule has 1 amide bonds. The van der Waals surface area contributed by atoms with Crippen LogP contribution < -0.4 is 5.32 Å². The van der Waals surface area contributed by atoms with Crippen LogP contribution in [0, 0.1) is 0 Å². The fraction of sp³-hybridized carbons (Fsp3) is 0.450. The summed E-state index contributed by atoms with van der Waals surface area (Å²) < 4.78 is 5.84. The minimum atomic E-state index is 0.0745. The van der Waals surface area contributed by atoms with Crippen molar-refractivity contribution in [3.05, 3.63) is 57.3 Å². The van der Waals surface area contributed by atoms with E-state index >= 15 is 0 Å². The first-order chi connectivity index (χ1) is 11.8. The number of fused-ring (bicyclic) bond motifs is 1. The Balaban J connectivity index is 1.39. The van der Waals surface area contributed by atoms with Gasteiger partial charge in [-0.25, -0.2) is 0 Å². The minimum Gasteiger partial charge on any atom is -0.374 e. The topological polar surface area (TPSA) is 38.3 Å². The van der Waals surface area contributed by atoms with Crippen LogP contribution in [0.2, 0.25) is 0 Å². The van der Waals surface area contributed by atoms with Crippen LogP contribution in [0.1, 0.15) is 58.7 Å². The first-order valence-electron chi connectivity index (χ1n) is 8.79. The Morgan fingerprint density at radius 1 is 1.25 bits per heavy atom. The average molecular weight is 343 g/mol. The number of benzene rings is 1. The van der Waals surface area contributed by atoms with Crippen molar-refractivity contribution in [1.29, 1.82) is 0 Å². The van der Waals surface area contributed by atoms with Crippen molar-refractivity contribution in [3.63, 3.8) is 0 Å². The maximum atomic E-state index is 12.4. The molecule has 1 aromatic carbocycles. The molecule has 0 fully saturated rings. The summed E-state index contributed by atoms with van der Waals surface area (Å²) in [5.74, 6) is 0.0745. The number of rotatable bonds is 7. The summed E-state index contributed by atoms with van der Waals surface area (Å²) in [7, 11) is 0. The lowest BCUT2D eigenvalue weighted by Gasteiger charge is -2.14. The molecule has 0 bridgehead atoms. The van der Waals surface area contributed by atoms with Gasteiger partial charge in [0.1, 0.15) is 0 Å². The molecule has 0 saturated carbocycles. The Morgan fingerprint density at radius 3 is 2.88 bits per heavy atom. The number of hydrogen-bond acceptors (Lipinski definition) is 3. The minimum absolute atomic E-state index is 0.0745. The van der Waals surface area contributed by atoms with Gasteiger partial charge in [0.25, 0.3) is 5.91 Å². The van der Waals surface area contributed by atoms with E-state index < -0.39 is 0 Å². The zero-order chi connectivity index (χ0) is 16.8. The fourth-order valence-corrected chi connectivity index (χ4v) is 4.26. The van der Waals surface area contributed by atoms with Crippen molar-refractivity contribution in [1.82, 2.24) is 5.32 Å². The van der Waals surface area contributed by atoms with E-state index in [1.54, 1.807) is 11.3 Å². The molecule has 2 aromatic rings. The zero-order valence-electron chi connectivity index (χ0n) is 14.2. The second-order valence-electron chi connectivity index (χ2n) is 6.29. The van der Waals surface area contributed by atoms with Crippen molar-refractivity contribution < 1.29 is 9.53 Å². The first kappa shape index (κ1) is 17.2. The molecule has 24 heavy (non-hydrogen) atoms. The summed E-state index contributed by atoms with van der Waals surface area (Å²) in [6.07, 6.45) is 5.57. The Kier molecular flexibility index (Phi) is 6.05. The summed E-state index contributed by atoms with van der Waals surface area (Å²) in [5.41, 5.74) is 3.37. The van der Waals surface area contributed by atoms with E-state index in [1.807, 2.05) is 23.6 Å². The average Bonchev–Trinajstić information content (AvgIpc) is 3.06. The number of thiophene rings is 1. The number of ether oxygens (including phenoxy) is 1. The number of carbonyl (C=O) groups is 1. The van der Waals surface area contributed by atoms with Crippen LogP contribution in [-0.4, -0.2) is 19.1 Å². The van der Waals surface area contributed by atoms with Crippen molar-refractivity contribution in [3.8, 4) is 0 Å². The van der Waals surface area contributed by atoms with E-state index in [-0.39, 0.29) is 12.0 Å². The standard InChI is InChI=1S/C20H25NO2S/c1-15(16-8-3-2-4-9-16)23-13-7-12-21-20(22)18-14-24-19-11-6-5-10-17(18)19/h2-4,8-9,14-15H,5-7,10-13H2,1H3,(H,21,22). The van der Waals surface area contributed by atoms with Gasteiger partial charge in [0.2, 0.25) is 0 Å². The largest absolute Gasteiger partial charge is 0.374 e. The zero-order valence-corrected chi connectivity index (χ0v) is 15.0. The van der Waals surface area contributed by atoms with Gasteiger partial charge in [-0.15, -0.1) is 11.3 Å². The molecule has 3 nitrogen and oxygen atoms in total. The summed E-state index contributed by atoms with van der Waals surface area (Å²) >= 11 is 1.74. The molecule has 1 aromatic heterocycles. The van der Waals surface area contributed by atoms with Gasteiger partial charge in [-0.3, -0.25) is 4.79 Å². The predicted octanol–water partition coefficient (Wildman–Crippen LogP) is 4.52. The van der Waals surface area contributed by atoms with E-state index in [0.29, 0.717) is 13.2 Å². The molecular formula is C20H25NO2S. The Hall–Kier alpha value is -1.65.